The predicted molar refractivity (Wildman–Crippen MR) is 121 cm³/mol. The smallest absolute Gasteiger partial charge is 0.254 e. The molecule has 1 aliphatic rings. The van der Waals surface area contributed by atoms with Gasteiger partial charge in [-0.3, -0.25) is 9.59 Å². The van der Waals surface area contributed by atoms with Crippen molar-refractivity contribution < 1.29 is 23.1 Å². The first-order valence-corrected chi connectivity index (χ1v) is 11.1. The number of methoxy groups -OCH3 is 1. The average molecular weight is 461 g/mol. The molecular formula is C24H30F2N4O3. The van der Waals surface area contributed by atoms with Crippen LogP contribution in [0.5, 0.6) is 5.88 Å². The summed E-state index contributed by atoms with van der Waals surface area (Å²) in [6, 6.07) is 5.29. The molecular weight excluding hydrogens is 430 g/mol. The van der Waals surface area contributed by atoms with Crippen LogP contribution in [0.2, 0.25) is 0 Å². The quantitative estimate of drug-likeness (QED) is 0.702. The van der Waals surface area contributed by atoms with Crippen LogP contribution < -0.4 is 9.64 Å². The molecule has 2 aromatic rings. The van der Waals surface area contributed by atoms with Gasteiger partial charge in [0.15, 0.2) is 11.6 Å². The number of carbonyl (C=O) groups is 2. The molecule has 0 atom stereocenters. The van der Waals surface area contributed by atoms with E-state index in [0.29, 0.717) is 48.6 Å². The zero-order chi connectivity index (χ0) is 24.0. The van der Waals surface area contributed by atoms with E-state index in [9.17, 15) is 18.4 Å². The second-order valence-electron chi connectivity index (χ2n) is 8.12. The number of rotatable bonds is 3. The normalized spacial score (nSPS) is 15.9. The van der Waals surface area contributed by atoms with Crippen molar-refractivity contribution in [3.05, 3.63) is 53.2 Å². The van der Waals surface area contributed by atoms with Gasteiger partial charge < -0.3 is 19.4 Å². The van der Waals surface area contributed by atoms with Crippen molar-refractivity contribution in [2.75, 3.05) is 45.2 Å². The van der Waals surface area contributed by atoms with Gasteiger partial charge in [0, 0.05) is 49.9 Å². The van der Waals surface area contributed by atoms with Crippen LogP contribution in [-0.4, -0.2) is 66.9 Å². The van der Waals surface area contributed by atoms with Crippen molar-refractivity contribution in [1.29, 1.82) is 0 Å². The third kappa shape index (κ3) is 6.04. The Morgan fingerprint density at radius 3 is 2.45 bits per heavy atom. The second-order valence-corrected chi connectivity index (χ2v) is 8.12. The lowest BCUT2D eigenvalue weighted by Crippen LogP contribution is -2.38. The first-order chi connectivity index (χ1) is 15.8. The number of aromatic nitrogens is 1. The predicted octanol–water partition coefficient (Wildman–Crippen LogP) is 3.48. The summed E-state index contributed by atoms with van der Waals surface area (Å²) in [5.41, 5.74) is 1.07. The maximum absolute atomic E-state index is 14.3. The van der Waals surface area contributed by atoms with Gasteiger partial charge in [-0.15, -0.1) is 0 Å². The van der Waals surface area contributed by atoms with Crippen molar-refractivity contribution in [3.63, 3.8) is 0 Å². The molecule has 7 nitrogen and oxygen atoms in total. The highest BCUT2D eigenvalue weighted by Crippen LogP contribution is 2.28. The van der Waals surface area contributed by atoms with Gasteiger partial charge in [-0.2, -0.15) is 0 Å². The highest BCUT2D eigenvalue weighted by atomic mass is 19.2. The molecule has 0 saturated carbocycles. The number of benzene rings is 1. The molecule has 178 valence electrons. The Hall–Kier alpha value is -3.07. The van der Waals surface area contributed by atoms with Crippen molar-refractivity contribution in [3.8, 4) is 5.88 Å². The molecule has 2 amide bonds. The summed E-state index contributed by atoms with van der Waals surface area (Å²) in [6.07, 6.45) is 3.12. The van der Waals surface area contributed by atoms with E-state index < -0.39 is 11.6 Å². The molecule has 0 unspecified atom stereocenters. The number of halogens is 2. The number of hydrogen-bond donors (Lipinski definition) is 0. The number of amides is 2. The topological polar surface area (TPSA) is 66.0 Å². The maximum Gasteiger partial charge on any atom is 0.254 e. The van der Waals surface area contributed by atoms with Crippen molar-refractivity contribution in [2.24, 2.45) is 0 Å². The lowest BCUT2D eigenvalue weighted by molar-refractivity contribution is -0.118. The van der Waals surface area contributed by atoms with E-state index in [1.165, 1.54) is 18.2 Å². The summed E-state index contributed by atoms with van der Waals surface area (Å²) in [5.74, 6) is -2.19. The van der Waals surface area contributed by atoms with Crippen LogP contribution in [0, 0.1) is 11.6 Å². The molecule has 0 fully saturated rings. The highest BCUT2D eigenvalue weighted by Gasteiger charge is 2.25. The molecule has 1 aromatic carbocycles. The van der Waals surface area contributed by atoms with Gasteiger partial charge in [0.05, 0.1) is 12.8 Å². The maximum atomic E-state index is 14.3. The Morgan fingerprint density at radius 2 is 1.76 bits per heavy atom. The van der Waals surface area contributed by atoms with Gasteiger partial charge >= 0.3 is 0 Å². The van der Waals surface area contributed by atoms with Crippen LogP contribution in [0.3, 0.4) is 0 Å². The third-order valence-electron chi connectivity index (χ3n) is 5.74. The second kappa shape index (κ2) is 11.2. The molecule has 33 heavy (non-hydrogen) atoms. The number of ether oxygens (including phenoxy) is 1. The van der Waals surface area contributed by atoms with E-state index in [-0.39, 0.29) is 24.8 Å². The van der Waals surface area contributed by atoms with Crippen molar-refractivity contribution in [2.45, 2.75) is 32.7 Å². The molecule has 1 aliphatic heterocycles. The van der Waals surface area contributed by atoms with E-state index >= 15 is 0 Å². The van der Waals surface area contributed by atoms with Crippen molar-refractivity contribution in [1.82, 2.24) is 14.8 Å². The largest absolute Gasteiger partial charge is 0.481 e. The van der Waals surface area contributed by atoms with E-state index in [4.69, 9.17) is 4.74 Å². The Kier molecular flexibility index (Phi) is 8.32. The standard InChI is InChI=1S/C24H30F2N4O3/c1-4-23(31)30-12-6-10-28(2)9-5-11-29(16-18-13-19(25)20(26)15-21(18)30)24(32)17-7-8-27-22(14-17)33-3/h7-8,13-15H,4-6,9-12,16H2,1-3H3. The summed E-state index contributed by atoms with van der Waals surface area (Å²) in [7, 11) is 3.45. The molecule has 0 bridgehead atoms. The summed E-state index contributed by atoms with van der Waals surface area (Å²) < 4.78 is 33.6. The fourth-order valence-corrected chi connectivity index (χ4v) is 3.96. The minimum atomic E-state index is -1.02. The van der Waals surface area contributed by atoms with Crippen LogP contribution in [-0.2, 0) is 11.3 Å². The summed E-state index contributed by atoms with van der Waals surface area (Å²) in [6.45, 7) is 4.06. The summed E-state index contributed by atoms with van der Waals surface area (Å²) in [5, 5.41) is 0. The molecule has 0 N–H and O–H groups in total. The van der Waals surface area contributed by atoms with E-state index in [0.717, 1.165) is 25.2 Å². The molecule has 0 saturated heterocycles. The van der Waals surface area contributed by atoms with Crippen molar-refractivity contribution >= 4 is 17.5 Å². The van der Waals surface area contributed by atoms with E-state index in [1.807, 2.05) is 7.05 Å². The lowest BCUT2D eigenvalue weighted by atomic mass is 10.1. The van der Waals surface area contributed by atoms with Gasteiger partial charge in [-0.25, -0.2) is 13.8 Å². The van der Waals surface area contributed by atoms with Crippen LogP contribution in [0.25, 0.3) is 0 Å². The Morgan fingerprint density at radius 1 is 1.06 bits per heavy atom. The minimum absolute atomic E-state index is 0.0349. The van der Waals surface area contributed by atoms with E-state index in [1.54, 1.807) is 24.0 Å². The Balaban J connectivity index is 2.05. The molecule has 0 aliphatic carbocycles. The third-order valence-corrected chi connectivity index (χ3v) is 5.74. The van der Waals surface area contributed by atoms with Gasteiger partial charge in [0.2, 0.25) is 11.8 Å². The number of hydrogen-bond acceptors (Lipinski definition) is 5. The van der Waals surface area contributed by atoms with E-state index in [2.05, 4.69) is 9.88 Å². The summed E-state index contributed by atoms with van der Waals surface area (Å²) in [4.78, 5) is 35.4. The number of nitrogens with zero attached hydrogens (tertiary/aromatic N) is 4. The van der Waals surface area contributed by atoms with Gasteiger partial charge in [0.1, 0.15) is 0 Å². The average Bonchev–Trinajstić information content (AvgIpc) is 2.81. The fourth-order valence-electron chi connectivity index (χ4n) is 3.96. The number of fused-ring (bicyclic) bond motifs is 1. The monoisotopic (exact) mass is 460 g/mol. The lowest BCUT2D eigenvalue weighted by Gasteiger charge is -2.31. The van der Waals surface area contributed by atoms with Crippen LogP contribution in [0.1, 0.15) is 42.1 Å². The van der Waals surface area contributed by atoms with Crippen LogP contribution >= 0.6 is 0 Å². The highest BCUT2D eigenvalue weighted by molar-refractivity contribution is 5.95. The minimum Gasteiger partial charge on any atom is -0.481 e. The SMILES string of the molecule is CCC(=O)N1CCCN(C)CCCN(C(=O)c2ccnc(OC)c2)Cc2cc(F)c(F)cc21. The number of pyridine rings is 1. The van der Waals surface area contributed by atoms with Gasteiger partial charge in [0.25, 0.3) is 5.91 Å². The molecule has 0 spiro atoms. The first kappa shape index (κ1) is 24.6. The van der Waals surface area contributed by atoms with Crippen LogP contribution in [0.4, 0.5) is 14.5 Å². The Labute approximate surface area is 192 Å². The van der Waals surface area contributed by atoms with Gasteiger partial charge in [-0.1, -0.05) is 6.92 Å². The Bertz CT molecular complexity index is 1000. The molecule has 9 heteroatoms. The first-order valence-electron chi connectivity index (χ1n) is 11.1. The van der Waals surface area contributed by atoms with Crippen LogP contribution in [0.15, 0.2) is 30.5 Å². The molecule has 2 heterocycles. The fraction of sp³-hybridized carbons (Fsp3) is 0.458. The molecule has 0 radical (unpaired) electrons. The van der Waals surface area contributed by atoms with Gasteiger partial charge in [-0.05, 0) is 50.7 Å². The zero-order valence-electron chi connectivity index (χ0n) is 19.3. The summed E-state index contributed by atoms with van der Waals surface area (Å²) >= 11 is 0. The number of anilines is 1. The number of carbonyl (C=O) groups excluding carboxylic acids is 2. The molecule has 1 aromatic heterocycles. The zero-order valence-corrected chi connectivity index (χ0v) is 19.3. The molecule has 3 rings (SSSR count).